The molecule has 2 unspecified atom stereocenters. The first-order chi connectivity index (χ1) is 32.9. The summed E-state index contributed by atoms with van der Waals surface area (Å²) in [5, 5.41) is 9.49. The highest BCUT2D eigenvalue weighted by Crippen LogP contribution is 2.56. The number of rotatable bonds is 9. The lowest BCUT2D eigenvalue weighted by Gasteiger charge is -2.35. The first-order valence-electron chi connectivity index (χ1n) is 23.4. The van der Waals surface area contributed by atoms with E-state index in [-0.39, 0.29) is 62.4 Å². The number of amides is 1. The zero-order valence-electron chi connectivity index (χ0n) is 39.3. The van der Waals surface area contributed by atoms with E-state index in [4.69, 9.17) is 26.0 Å². The van der Waals surface area contributed by atoms with Gasteiger partial charge in [-0.3, -0.25) is 23.4 Å². The Labute approximate surface area is 401 Å². The van der Waals surface area contributed by atoms with Crippen molar-refractivity contribution < 1.29 is 27.0 Å². The maximum absolute atomic E-state index is 16.4. The number of H-pyrrole nitrogens is 1. The highest BCUT2D eigenvalue weighted by Gasteiger charge is 2.59. The second-order valence-corrected chi connectivity index (χ2v) is 22.8. The molecule has 2 aliphatic carbocycles. The number of benzene rings is 3. The molecule has 0 radical (unpaired) electrons. The van der Waals surface area contributed by atoms with Crippen LogP contribution in [-0.4, -0.2) is 79.7 Å². The van der Waals surface area contributed by atoms with Gasteiger partial charge in [0, 0.05) is 60.7 Å². The van der Waals surface area contributed by atoms with Crippen LogP contribution in [0.1, 0.15) is 116 Å². The predicted octanol–water partition coefficient (Wildman–Crippen LogP) is 8.83. The molecule has 2 saturated carbocycles. The molecular formula is C50H52ClF2N9O6S. The van der Waals surface area contributed by atoms with Crippen LogP contribution in [-0.2, 0) is 26.4 Å². The van der Waals surface area contributed by atoms with E-state index in [2.05, 4.69) is 40.5 Å². The van der Waals surface area contributed by atoms with Gasteiger partial charge in [0.05, 0.1) is 48.4 Å². The Bertz CT molecular complexity index is 3530. The van der Waals surface area contributed by atoms with Crippen LogP contribution in [0, 0.1) is 31.4 Å². The molecule has 6 heterocycles. The minimum absolute atomic E-state index is 0.0232. The SMILES string of the molecule is CN=S(=O)(c1ccc(-n2ccn(-c3c4c(nn3-c3cc(C)c(F)c(C)c3)CCN(C(=O)c3cc5cc(C6CCOC(C)(C)C6)ccc5n3[C@@]3(c5noc(=O)[nH]5)C[C@@H]3C)[C@H]4C)c2=O)c(F)c1Cl)C1CC1. The Kier molecular flexibility index (Phi) is 10.5. The smallest absolute Gasteiger partial charge is 0.376 e. The molecule has 3 aromatic carbocycles. The highest BCUT2D eigenvalue weighted by atomic mass is 35.5. The fourth-order valence-corrected chi connectivity index (χ4v) is 13.9. The molecule has 7 aromatic rings. The first kappa shape index (κ1) is 45.3. The van der Waals surface area contributed by atoms with Crippen LogP contribution in [0.5, 0.6) is 0 Å². The van der Waals surface area contributed by atoms with Crippen molar-refractivity contribution in [2.75, 3.05) is 20.2 Å². The number of aromatic nitrogens is 7. The molecule has 0 spiro atoms. The minimum Gasteiger partial charge on any atom is -0.376 e. The third-order valence-electron chi connectivity index (χ3n) is 15.0. The van der Waals surface area contributed by atoms with E-state index in [0.717, 1.165) is 33.9 Å². The number of nitrogens with one attached hydrogen (secondary N) is 1. The molecular weight excluding hydrogens is 928 g/mol. The monoisotopic (exact) mass is 979 g/mol. The lowest BCUT2D eigenvalue weighted by molar-refractivity contribution is -0.0592. The summed E-state index contributed by atoms with van der Waals surface area (Å²) in [5.41, 5.74) is 2.74. The van der Waals surface area contributed by atoms with Crippen LogP contribution in [0.2, 0.25) is 5.02 Å². The third-order valence-corrected chi connectivity index (χ3v) is 18.3. The van der Waals surface area contributed by atoms with Crippen molar-refractivity contribution in [3.63, 3.8) is 0 Å². The van der Waals surface area contributed by atoms with Crippen molar-refractivity contribution in [1.82, 2.24) is 38.5 Å². The fraction of sp³-hybridized carbons (Fsp3) is 0.420. The minimum atomic E-state index is -2.98. The molecule has 2 aliphatic heterocycles. The van der Waals surface area contributed by atoms with Crippen molar-refractivity contribution in [3.05, 3.63) is 138 Å². The number of fused-ring (bicyclic) bond motifs is 2. The maximum Gasteiger partial charge on any atom is 0.438 e. The number of imidazole rings is 1. The van der Waals surface area contributed by atoms with Gasteiger partial charge in [0.2, 0.25) is 0 Å². The Hall–Kier alpha value is -6.11. The number of halogens is 3. The van der Waals surface area contributed by atoms with E-state index in [1.54, 1.807) is 35.6 Å². The van der Waals surface area contributed by atoms with Gasteiger partial charge < -0.3 is 14.2 Å². The van der Waals surface area contributed by atoms with Gasteiger partial charge in [0.15, 0.2) is 11.6 Å². The number of hydrogen-bond acceptors (Lipinski definition) is 9. The van der Waals surface area contributed by atoms with Gasteiger partial charge >= 0.3 is 11.4 Å². The van der Waals surface area contributed by atoms with Gasteiger partial charge in [0.1, 0.15) is 22.9 Å². The molecule has 1 amide bonds. The Morgan fingerprint density at radius 2 is 1.70 bits per heavy atom. The average Bonchev–Trinajstić information content (AvgIpc) is 4.05. The van der Waals surface area contributed by atoms with Gasteiger partial charge in [0.25, 0.3) is 5.91 Å². The van der Waals surface area contributed by atoms with Crippen LogP contribution in [0.25, 0.3) is 28.1 Å². The molecule has 69 heavy (non-hydrogen) atoms. The molecule has 11 rings (SSSR count). The standard InChI is InChI=1S/C50H52ClF2N9O6S/c1-26-20-33(21-27(2)42(26)52)62-44(60-18-17-59(48(60)65)37-12-13-39(41(51)43(37)53)69(66,54-7)34-9-10-34)40-29(4)58(16-14-35(40)56-62)45(63)38-23-32-22-30(31-15-19-67-49(5,6)25-31)8-11-36(32)61(38)50(24-28(50)3)46-55-47(64)68-57-46/h8,11-13,17-18,20-23,28-29,31,34H,9-10,14-16,19,24-25H2,1-7H3,(H,55,57,64)/t28-,29-,31?,50-,69?/m0/s1. The number of aryl methyl sites for hydroxylation is 2. The van der Waals surface area contributed by atoms with Crippen molar-refractivity contribution >= 4 is 38.1 Å². The predicted molar refractivity (Wildman–Crippen MR) is 256 cm³/mol. The average molecular weight is 981 g/mol. The van der Waals surface area contributed by atoms with Gasteiger partial charge in [-0.05, 0) is 138 Å². The molecule has 0 bridgehead atoms. The van der Waals surface area contributed by atoms with Gasteiger partial charge in [-0.2, -0.15) is 5.10 Å². The number of ether oxygens (including phenoxy) is 1. The molecule has 360 valence electrons. The lowest BCUT2D eigenvalue weighted by atomic mass is 9.83. The second-order valence-electron chi connectivity index (χ2n) is 19.9. The Balaban J connectivity index is 1.05. The van der Waals surface area contributed by atoms with Crippen LogP contribution in [0.3, 0.4) is 0 Å². The van der Waals surface area contributed by atoms with Gasteiger partial charge in [-0.25, -0.2) is 31.6 Å². The summed E-state index contributed by atoms with van der Waals surface area (Å²) in [6.07, 6.45) is 6.89. The summed E-state index contributed by atoms with van der Waals surface area (Å²) in [5.74, 6) is -1.44. The molecule has 3 fully saturated rings. The van der Waals surface area contributed by atoms with Crippen molar-refractivity contribution in [2.24, 2.45) is 10.3 Å². The van der Waals surface area contributed by atoms with Gasteiger partial charge in [-0.15, -0.1) is 0 Å². The van der Waals surface area contributed by atoms with Crippen LogP contribution >= 0.6 is 11.6 Å². The van der Waals surface area contributed by atoms with Crippen LogP contribution in [0.4, 0.5) is 8.78 Å². The maximum atomic E-state index is 16.4. The second kappa shape index (κ2) is 16.0. The van der Waals surface area contributed by atoms with Crippen molar-refractivity contribution in [1.29, 1.82) is 0 Å². The van der Waals surface area contributed by atoms with Crippen LogP contribution < -0.4 is 11.4 Å². The van der Waals surface area contributed by atoms with Gasteiger partial charge in [-0.1, -0.05) is 29.7 Å². The number of carbonyl (C=O) groups excluding carboxylic acids is 1. The normalized spacial score (nSPS) is 23.0. The summed E-state index contributed by atoms with van der Waals surface area (Å²) in [7, 11) is -1.54. The zero-order chi connectivity index (χ0) is 48.6. The molecule has 19 heteroatoms. The molecule has 1 saturated heterocycles. The highest BCUT2D eigenvalue weighted by molar-refractivity contribution is 7.94. The lowest BCUT2D eigenvalue weighted by Crippen LogP contribution is -2.41. The first-order valence-corrected chi connectivity index (χ1v) is 25.3. The molecule has 5 atom stereocenters. The summed E-state index contributed by atoms with van der Waals surface area (Å²) >= 11 is 6.62. The largest absolute Gasteiger partial charge is 0.438 e. The summed E-state index contributed by atoms with van der Waals surface area (Å²) < 4.78 is 66.7. The molecule has 15 nitrogen and oxygen atoms in total. The van der Waals surface area contributed by atoms with E-state index in [9.17, 15) is 13.8 Å². The number of nitrogens with zero attached hydrogens (tertiary/aromatic N) is 8. The number of carbonyl (C=O) groups is 1. The van der Waals surface area contributed by atoms with Crippen molar-refractivity contribution in [2.45, 2.75) is 113 Å². The molecule has 1 N–H and O–H groups in total. The fourth-order valence-electron chi connectivity index (χ4n) is 11.2. The van der Waals surface area contributed by atoms with E-state index >= 15 is 13.6 Å². The number of aromatic amines is 1. The summed E-state index contributed by atoms with van der Waals surface area (Å²) in [4.78, 5) is 47.5. The topological polar surface area (TPSA) is 168 Å². The zero-order valence-corrected chi connectivity index (χ0v) is 40.9. The summed E-state index contributed by atoms with van der Waals surface area (Å²) in [6, 6.07) is 13.7. The van der Waals surface area contributed by atoms with E-state index in [0.29, 0.717) is 71.9 Å². The molecule has 4 aliphatic rings. The Morgan fingerprint density at radius 1 is 0.971 bits per heavy atom. The number of hydrogen-bond donors (Lipinski definition) is 1. The molecule has 4 aromatic heterocycles. The Morgan fingerprint density at radius 3 is 2.35 bits per heavy atom. The summed E-state index contributed by atoms with van der Waals surface area (Å²) in [6.45, 7) is 12.3. The van der Waals surface area contributed by atoms with E-state index in [1.807, 2.05) is 30.5 Å². The third kappa shape index (κ3) is 7.01. The van der Waals surface area contributed by atoms with E-state index in [1.165, 1.54) is 36.1 Å². The quantitative estimate of drug-likeness (QED) is 0.150. The van der Waals surface area contributed by atoms with Crippen LogP contribution in [0.15, 0.2) is 84.3 Å². The van der Waals surface area contributed by atoms with E-state index < -0.39 is 38.6 Å². The van der Waals surface area contributed by atoms with Crippen molar-refractivity contribution in [3.8, 4) is 17.2 Å².